The summed E-state index contributed by atoms with van der Waals surface area (Å²) in [6, 6.07) is 12.0. The van der Waals surface area contributed by atoms with E-state index in [4.69, 9.17) is 4.98 Å². The first-order valence-electron chi connectivity index (χ1n) is 12.6. The Kier molecular flexibility index (Phi) is 6.66. The SMILES string of the molecule is N#Cc1cnn2cc(NCCF)cc(-c3ccc(N4CC5CC(C4)N5Cc4ccc(OC(F)F)nc4)nc3)c12. The van der Waals surface area contributed by atoms with Gasteiger partial charge in [0.05, 0.1) is 29.2 Å². The average molecular weight is 535 g/mol. The van der Waals surface area contributed by atoms with Crippen molar-refractivity contribution >= 4 is 17.0 Å². The molecular formula is C27H25F3N8O. The van der Waals surface area contributed by atoms with Crippen LogP contribution in [0.5, 0.6) is 5.88 Å². The zero-order valence-corrected chi connectivity index (χ0v) is 20.8. The third-order valence-corrected chi connectivity index (χ3v) is 7.26. The lowest BCUT2D eigenvalue weighted by Crippen LogP contribution is -2.68. The number of ether oxygens (including phenoxy) is 1. The number of alkyl halides is 3. The number of hydrogen-bond acceptors (Lipinski definition) is 8. The fourth-order valence-corrected chi connectivity index (χ4v) is 5.45. The van der Waals surface area contributed by atoms with Crippen LogP contribution in [-0.2, 0) is 6.54 Å². The Morgan fingerprint density at radius 3 is 2.62 bits per heavy atom. The van der Waals surface area contributed by atoms with Crippen LogP contribution in [0.1, 0.15) is 17.5 Å². The van der Waals surface area contributed by atoms with Crippen LogP contribution in [0.15, 0.2) is 55.1 Å². The summed E-state index contributed by atoms with van der Waals surface area (Å²) in [7, 11) is 0. The summed E-state index contributed by atoms with van der Waals surface area (Å²) in [5, 5.41) is 16.9. The Morgan fingerprint density at radius 2 is 1.95 bits per heavy atom. The molecule has 3 saturated heterocycles. The number of rotatable bonds is 9. The average Bonchev–Trinajstić information content (AvgIpc) is 3.38. The van der Waals surface area contributed by atoms with Gasteiger partial charge < -0.3 is 15.0 Å². The lowest BCUT2D eigenvalue weighted by Gasteiger charge is -2.56. The highest BCUT2D eigenvalue weighted by Crippen LogP contribution is 2.36. The Bertz CT molecular complexity index is 1490. The molecule has 12 heteroatoms. The van der Waals surface area contributed by atoms with Crippen molar-refractivity contribution in [3.05, 3.63) is 66.2 Å². The summed E-state index contributed by atoms with van der Waals surface area (Å²) in [5.41, 5.74) is 4.41. The van der Waals surface area contributed by atoms with E-state index in [1.54, 1.807) is 29.2 Å². The number of piperazine rings is 1. The van der Waals surface area contributed by atoms with Crippen LogP contribution in [-0.4, -0.2) is 69.5 Å². The number of aromatic nitrogens is 4. The zero-order chi connectivity index (χ0) is 26.9. The molecule has 2 atom stereocenters. The molecule has 0 radical (unpaired) electrons. The smallest absolute Gasteiger partial charge is 0.388 e. The van der Waals surface area contributed by atoms with E-state index in [9.17, 15) is 18.4 Å². The van der Waals surface area contributed by atoms with E-state index in [2.05, 4.69) is 36.0 Å². The second-order valence-electron chi connectivity index (χ2n) is 9.63. The summed E-state index contributed by atoms with van der Waals surface area (Å²) >= 11 is 0. The first-order chi connectivity index (χ1) is 19.0. The minimum absolute atomic E-state index is 0.0844. The third kappa shape index (κ3) is 4.93. The number of piperidine rings is 1. The van der Waals surface area contributed by atoms with Gasteiger partial charge in [0.25, 0.3) is 0 Å². The second kappa shape index (κ2) is 10.4. The predicted molar refractivity (Wildman–Crippen MR) is 138 cm³/mol. The van der Waals surface area contributed by atoms with Gasteiger partial charge in [0, 0.05) is 67.8 Å². The lowest BCUT2D eigenvalue weighted by molar-refractivity contribution is -0.0529. The molecule has 7 heterocycles. The van der Waals surface area contributed by atoms with E-state index in [1.807, 2.05) is 18.2 Å². The Labute approximate surface area is 222 Å². The van der Waals surface area contributed by atoms with Gasteiger partial charge in [-0.3, -0.25) is 4.90 Å². The Hall–Kier alpha value is -4.37. The maximum Gasteiger partial charge on any atom is 0.388 e. The molecular weight excluding hydrogens is 509 g/mol. The molecule has 0 amide bonds. The lowest BCUT2D eigenvalue weighted by atomic mass is 9.87. The molecule has 2 bridgehead atoms. The highest BCUT2D eigenvalue weighted by molar-refractivity contribution is 5.86. The van der Waals surface area contributed by atoms with Gasteiger partial charge in [-0.2, -0.15) is 19.1 Å². The van der Waals surface area contributed by atoms with E-state index in [1.165, 1.54) is 12.3 Å². The monoisotopic (exact) mass is 534 g/mol. The van der Waals surface area contributed by atoms with Gasteiger partial charge in [-0.1, -0.05) is 6.07 Å². The third-order valence-electron chi connectivity index (χ3n) is 7.26. The Balaban J connectivity index is 1.15. The fourth-order valence-electron chi connectivity index (χ4n) is 5.45. The molecule has 4 aromatic heterocycles. The molecule has 3 aliphatic heterocycles. The normalized spacial score (nSPS) is 18.7. The fraction of sp³-hybridized carbons (Fsp3) is 0.333. The standard InChI is InChI=1S/C27H25F3N8O/c28-5-6-32-20-7-23(26-19(9-31)12-35-38(26)14-20)18-2-3-24(33-11-18)36-15-21-8-22(16-36)37(21)13-17-1-4-25(34-10-17)39-27(29)30/h1-4,7,10-12,14,21-22,27,32H,5-6,8,13,15-16H2. The van der Waals surface area contributed by atoms with Crippen molar-refractivity contribution in [2.75, 3.05) is 36.5 Å². The maximum atomic E-state index is 12.7. The molecule has 3 fully saturated rings. The minimum atomic E-state index is -2.89. The molecule has 0 aromatic carbocycles. The van der Waals surface area contributed by atoms with Gasteiger partial charge in [0.15, 0.2) is 0 Å². The van der Waals surface area contributed by atoms with Crippen LogP contribution in [0.2, 0.25) is 0 Å². The number of hydrogen-bond donors (Lipinski definition) is 1. The molecule has 9 nitrogen and oxygen atoms in total. The number of fused-ring (bicyclic) bond motifs is 3. The van der Waals surface area contributed by atoms with Crippen LogP contribution in [0, 0.1) is 11.3 Å². The van der Waals surface area contributed by atoms with Gasteiger partial charge in [-0.15, -0.1) is 0 Å². The van der Waals surface area contributed by atoms with Crippen LogP contribution >= 0.6 is 0 Å². The molecule has 39 heavy (non-hydrogen) atoms. The van der Waals surface area contributed by atoms with Gasteiger partial charge in [-0.25, -0.2) is 18.9 Å². The highest BCUT2D eigenvalue weighted by Gasteiger charge is 2.44. The van der Waals surface area contributed by atoms with E-state index in [-0.39, 0.29) is 12.4 Å². The van der Waals surface area contributed by atoms with Crippen molar-refractivity contribution in [2.24, 2.45) is 0 Å². The van der Waals surface area contributed by atoms with Crippen molar-refractivity contribution in [3.63, 3.8) is 0 Å². The van der Waals surface area contributed by atoms with E-state index in [0.29, 0.717) is 35.4 Å². The molecule has 1 N–H and O–H groups in total. The minimum Gasteiger partial charge on any atom is -0.417 e. The molecule has 7 rings (SSSR count). The quantitative estimate of drug-likeness (QED) is 0.343. The maximum absolute atomic E-state index is 12.7. The number of nitrogens with one attached hydrogen (secondary N) is 1. The largest absolute Gasteiger partial charge is 0.417 e. The topological polar surface area (TPSA) is 94.6 Å². The van der Waals surface area contributed by atoms with E-state index < -0.39 is 13.3 Å². The van der Waals surface area contributed by atoms with Gasteiger partial charge in [0.1, 0.15) is 18.6 Å². The van der Waals surface area contributed by atoms with Crippen molar-refractivity contribution in [1.29, 1.82) is 5.26 Å². The van der Waals surface area contributed by atoms with E-state index >= 15 is 0 Å². The molecule has 0 spiro atoms. The molecule has 200 valence electrons. The zero-order valence-electron chi connectivity index (χ0n) is 20.8. The molecule has 0 saturated carbocycles. The number of pyridine rings is 3. The van der Waals surface area contributed by atoms with Crippen LogP contribution < -0.4 is 15.0 Å². The van der Waals surface area contributed by atoms with Crippen molar-refractivity contribution in [3.8, 4) is 23.1 Å². The molecule has 2 unspecified atom stereocenters. The summed E-state index contributed by atoms with van der Waals surface area (Å²) in [6.07, 6.45) is 7.74. The predicted octanol–water partition coefficient (Wildman–Crippen LogP) is 4.11. The number of anilines is 2. The number of halogens is 3. The second-order valence-corrected chi connectivity index (χ2v) is 9.63. The van der Waals surface area contributed by atoms with Crippen LogP contribution in [0.3, 0.4) is 0 Å². The Morgan fingerprint density at radius 1 is 1.10 bits per heavy atom. The van der Waals surface area contributed by atoms with Gasteiger partial charge in [-0.05, 0) is 30.2 Å². The van der Waals surface area contributed by atoms with Gasteiger partial charge in [0.2, 0.25) is 5.88 Å². The number of nitrogens with zero attached hydrogens (tertiary/aromatic N) is 7. The first-order valence-corrected chi connectivity index (χ1v) is 12.6. The molecule has 0 aliphatic carbocycles. The first kappa shape index (κ1) is 24.9. The summed E-state index contributed by atoms with van der Waals surface area (Å²) in [5.74, 6) is 0.791. The van der Waals surface area contributed by atoms with Crippen LogP contribution in [0.25, 0.3) is 16.6 Å². The van der Waals surface area contributed by atoms with Crippen molar-refractivity contribution in [1.82, 2.24) is 24.5 Å². The number of nitriles is 1. The summed E-state index contributed by atoms with van der Waals surface area (Å²) in [6.45, 7) is -0.845. The van der Waals surface area contributed by atoms with Crippen molar-refractivity contribution < 1.29 is 17.9 Å². The van der Waals surface area contributed by atoms with Gasteiger partial charge >= 0.3 is 6.61 Å². The van der Waals surface area contributed by atoms with Crippen LogP contribution in [0.4, 0.5) is 24.7 Å². The van der Waals surface area contributed by atoms with Crippen molar-refractivity contribution in [2.45, 2.75) is 31.7 Å². The molecule has 3 aliphatic rings. The summed E-state index contributed by atoms with van der Waals surface area (Å²) < 4.78 is 43.4. The molecule has 4 aromatic rings. The highest BCUT2D eigenvalue weighted by atomic mass is 19.3. The summed E-state index contributed by atoms with van der Waals surface area (Å²) in [4.78, 5) is 13.4. The van der Waals surface area contributed by atoms with E-state index in [0.717, 1.165) is 42.0 Å².